The Hall–Kier alpha value is -0.380. The number of ether oxygens (including phenoxy) is 1. The number of hydrogen-bond donors (Lipinski definition) is 1. The number of thiophene rings is 1. The van der Waals surface area contributed by atoms with Crippen molar-refractivity contribution >= 4 is 11.3 Å². The fourth-order valence-corrected chi connectivity index (χ4v) is 3.42. The van der Waals surface area contributed by atoms with Crippen molar-refractivity contribution in [3.63, 3.8) is 0 Å². The molecule has 2 rings (SSSR count). The minimum atomic E-state index is -0.127. The molecule has 1 unspecified atom stereocenters. The van der Waals surface area contributed by atoms with Crippen LogP contribution in [0, 0.1) is 0 Å². The Balaban J connectivity index is 2.18. The van der Waals surface area contributed by atoms with E-state index in [4.69, 9.17) is 10.5 Å². The van der Waals surface area contributed by atoms with E-state index in [-0.39, 0.29) is 11.6 Å². The van der Waals surface area contributed by atoms with Gasteiger partial charge in [0, 0.05) is 7.11 Å². The van der Waals surface area contributed by atoms with Crippen LogP contribution in [0.4, 0.5) is 0 Å². The van der Waals surface area contributed by atoms with E-state index in [0.29, 0.717) is 0 Å². The smallest absolute Gasteiger partial charge is 0.0870 e. The van der Waals surface area contributed by atoms with E-state index in [0.717, 1.165) is 12.8 Å². The molecule has 1 aromatic rings. The summed E-state index contributed by atoms with van der Waals surface area (Å²) in [5.74, 6) is 0. The second-order valence-corrected chi connectivity index (χ2v) is 5.50. The quantitative estimate of drug-likeness (QED) is 0.820. The maximum atomic E-state index is 6.41. The molecule has 2 N–H and O–H groups in total. The van der Waals surface area contributed by atoms with Gasteiger partial charge < -0.3 is 10.5 Å². The molecule has 3 heteroatoms. The highest BCUT2D eigenvalue weighted by molar-refractivity contribution is 7.07. The first kappa shape index (κ1) is 12.1. The van der Waals surface area contributed by atoms with E-state index < -0.39 is 0 Å². The topological polar surface area (TPSA) is 35.2 Å². The van der Waals surface area contributed by atoms with E-state index in [9.17, 15) is 0 Å². The molecule has 1 aliphatic carbocycles. The molecule has 1 aromatic heterocycles. The summed E-state index contributed by atoms with van der Waals surface area (Å²) < 4.78 is 5.82. The fourth-order valence-electron chi connectivity index (χ4n) is 2.72. The van der Waals surface area contributed by atoms with Gasteiger partial charge in [0.05, 0.1) is 11.6 Å². The van der Waals surface area contributed by atoms with Gasteiger partial charge >= 0.3 is 0 Å². The van der Waals surface area contributed by atoms with Crippen molar-refractivity contribution in [2.75, 3.05) is 7.11 Å². The zero-order valence-corrected chi connectivity index (χ0v) is 10.8. The van der Waals surface area contributed by atoms with Gasteiger partial charge in [-0.2, -0.15) is 11.3 Å². The molecule has 0 amide bonds. The Morgan fingerprint density at radius 2 is 2.00 bits per heavy atom. The number of hydrogen-bond acceptors (Lipinski definition) is 3. The first-order valence-corrected chi connectivity index (χ1v) is 7.06. The Morgan fingerprint density at radius 3 is 2.50 bits per heavy atom. The van der Waals surface area contributed by atoms with Gasteiger partial charge in [-0.15, -0.1) is 0 Å². The highest BCUT2D eigenvalue weighted by atomic mass is 32.1. The minimum absolute atomic E-state index is 0.0295. The van der Waals surface area contributed by atoms with Crippen molar-refractivity contribution in [3.05, 3.63) is 22.4 Å². The molecule has 1 atom stereocenters. The predicted octanol–water partition coefficient (Wildman–Crippen LogP) is 3.49. The summed E-state index contributed by atoms with van der Waals surface area (Å²) in [4.78, 5) is 0. The van der Waals surface area contributed by atoms with Crippen molar-refractivity contribution < 1.29 is 4.74 Å². The third-order valence-electron chi connectivity index (χ3n) is 3.83. The second-order valence-electron chi connectivity index (χ2n) is 4.72. The summed E-state index contributed by atoms with van der Waals surface area (Å²) in [6.45, 7) is 0. The fraction of sp³-hybridized carbons (Fsp3) is 0.692. The highest BCUT2D eigenvalue weighted by Gasteiger charge is 2.37. The molecular weight excluding hydrogens is 218 g/mol. The number of nitrogens with two attached hydrogens (primary N) is 1. The molecule has 1 heterocycles. The van der Waals surface area contributed by atoms with Crippen LogP contribution in [0.25, 0.3) is 0 Å². The molecule has 0 aromatic carbocycles. The molecule has 1 aliphatic rings. The zero-order valence-electron chi connectivity index (χ0n) is 9.95. The molecule has 16 heavy (non-hydrogen) atoms. The summed E-state index contributed by atoms with van der Waals surface area (Å²) in [5.41, 5.74) is 7.51. The van der Waals surface area contributed by atoms with Gasteiger partial charge in [-0.3, -0.25) is 0 Å². The molecule has 0 radical (unpaired) electrons. The van der Waals surface area contributed by atoms with Crippen molar-refractivity contribution in [1.29, 1.82) is 0 Å². The Labute approximate surface area is 102 Å². The first-order chi connectivity index (χ1) is 7.78. The molecule has 1 fully saturated rings. The van der Waals surface area contributed by atoms with Crippen LogP contribution >= 0.6 is 11.3 Å². The van der Waals surface area contributed by atoms with Crippen LogP contribution in [-0.4, -0.2) is 12.7 Å². The highest BCUT2D eigenvalue weighted by Crippen LogP contribution is 2.39. The van der Waals surface area contributed by atoms with Crippen LogP contribution < -0.4 is 5.73 Å². The lowest BCUT2D eigenvalue weighted by Crippen LogP contribution is -2.42. The third-order valence-corrected chi connectivity index (χ3v) is 4.53. The summed E-state index contributed by atoms with van der Waals surface area (Å²) in [7, 11) is 1.82. The molecule has 0 aliphatic heterocycles. The maximum absolute atomic E-state index is 6.41. The number of methoxy groups -OCH3 is 1. The summed E-state index contributed by atoms with van der Waals surface area (Å²) in [6, 6.07) is 2.16. The average Bonchev–Trinajstić information content (AvgIpc) is 2.73. The van der Waals surface area contributed by atoms with Gasteiger partial charge in [-0.1, -0.05) is 25.7 Å². The molecule has 90 valence electrons. The molecular formula is C13H21NOS. The molecule has 0 saturated heterocycles. The normalized spacial score (nSPS) is 22.6. The van der Waals surface area contributed by atoms with Crippen LogP contribution in [0.2, 0.25) is 0 Å². The molecule has 0 spiro atoms. The largest absolute Gasteiger partial charge is 0.376 e. The van der Waals surface area contributed by atoms with Crippen LogP contribution in [-0.2, 0) is 4.74 Å². The van der Waals surface area contributed by atoms with Gasteiger partial charge in [0.2, 0.25) is 0 Å². The van der Waals surface area contributed by atoms with Crippen molar-refractivity contribution in [2.24, 2.45) is 5.73 Å². The Morgan fingerprint density at radius 1 is 1.31 bits per heavy atom. The van der Waals surface area contributed by atoms with Gasteiger partial charge in [-0.05, 0) is 35.2 Å². The summed E-state index contributed by atoms with van der Waals surface area (Å²) >= 11 is 1.71. The van der Waals surface area contributed by atoms with Crippen molar-refractivity contribution in [1.82, 2.24) is 0 Å². The lowest BCUT2D eigenvalue weighted by molar-refractivity contribution is -0.0441. The van der Waals surface area contributed by atoms with E-state index in [2.05, 4.69) is 16.8 Å². The Kier molecular flexibility index (Phi) is 4.00. The molecule has 0 bridgehead atoms. The van der Waals surface area contributed by atoms with E-state index in [1.54, 1.807) is 11.3 Å². The molecule has 1 saturated carbocycles. The van der Waals surface area contributed by atoms with Crippen LogP contribution in [0.1, 0.15) is 50.1 Å². The standard InChI is InChI=1S/C13H21NOS/c1-15-13(7-4-2-3-5-8-13)12(14)11-6-9-16-10-11/h6,9-10,12H,2-5,7-8,14H2,1H3. The van der Waals surface area contributed by atoms with E-state index in [1.165, 1.54) is 31.2 Å². The monoisotopic (exact) mass is 239 g/mol. The lowest BCUT2D eigenvalue weighted by atomic mass is 9.83. The van der Waals surface area contributed by atoms with Crippen LogP contribution in [0.3, 0.4) is 0 Å². The molecule has 2 nitrogen and oxygen atoms in total. The minimum Gasteiger partial charge on any atom is -0.376 e. The van der Waals surface area contributed by atoms with Gasteiger partial charge in [0.25, 0.3) is 0 Å². The Bertz CT molecular complexity index is 302. The average molecular weight is 239 g/mol. The summed E-state index contributed by atoms with van der Waals surface area (Å²) in [5, 5.41) is 4.24. The van der Waals surface area contributed by atoms with E-state index in [1.807, 2.05) is 7.11 Å². The SMILES string of the molecule is COC1(C(N)c2ccsc2)CCCCCC1. The first-order valence-electron chi connectivity index (χ1n) is 6.11. The predicted molar refractivity (Wildman–Crippen MR) is 68.7 cm³/mol. The van der Waals surface area contributed by atoms with Crippen molar-refractivity contribution in [2.45, 2.75) is 50.2 Å². The van der Waals surface area contributed by atoms with Crippen LogP contribution in [0.5, 0.6) is 0 Å². The third kappa shape index (κ3) is 2.31. The van der Waals surface area contributed by atoms with E-state index >= 15 is 0 Å². The van der Waals surface area contributed by atoms with Gasteiger partial charge in [0.15, 0.2) is 0 Å². The van der Waals surface area contributed by atoms with Crippen molar-refractivity contribution in [3.8, 4) is 0 Å². The summed E-state index contributed by atoms with van der Waals surface area (Å²) in [6.07, 6.45) is 7.32. The van der Waals surface area contributed by atoms with Gasteiger partial charge in [0.1, 0.15) is 0 Å². The van der Waals surface area contributed by atoms with Gasteiger partial charge in [-0.25, -0.2) is 0 Å². The second kappa shape index (κ2) is 5.30. The maximum Gasteiger partial charge on any atom is 0.0870 e. The number of rotatable bonds is 3. The van der Waals surface area contributed by atoms with Crippen LogP contribution in [0.15, 0.2) is 16.8 Å². The zero-order chi connectivity index (χ0) is 11.4. The lowest BCUT2D eigenvalue weighted by Gasteiger charge is -2.37.